The summed E-state index contributed by atoms with van der Waals surface area (Å²) in [4.78, 5) is 1.57. The quantitative estimate of drug-likeness (QED) is 0.920. The minimum absolute atomic E-state index is 0.465. The van der Waals surface area contributed by atoms with Crippen molar-refractivity contribution in [3.05, 3.63) is 5.82 Å². The number of aryl methyl sites for hydroxylation is 1. The van der Waals surface area contributed by atoms with Crippen LogP contribution in [-0.2, 0) is 13.5 Å². The van der Waals surface area contributed by atoms with Gasteiger partial charge in [0.2, 0.25) is 0 Å². The Morgan fingerprint density at radius 3 is 2.52 bits per heavy atom. The number of tetrazole rings is 1. The molecule has 0 saturated heterocycles. The number of nitrogens with zero attached hydrogens (tertiary/aromatic N) is 4. The lowest BCUT2D eigenvalue weighted by Gasteiger charge is -2.63. The van der Waals surface area contributed by atoms with Gasteiger partial charge in [0.1, 0.15) is 0 Å². The summed E-state index contributed by atoms with van der Waals surface area (Å²) >= 11 is 0. The van der Waals surface area contributed by atoms with E-state index in [0.29, 0.717) is 16.9 Å². The summed E-state index contributed by atoms with van der Waals surface area (Å²) in [7, 11) is 3.96. The van der Waals surface area contributed by atoms with Crippen LogP contribution >= 0.6 is 0 Å². The number of hydrogen-bond acceptors (Lipinski definition) is 4. The van der Waals surface area contributed by atoms with Gasteiger partial charge >= 0.3 is 0 Å². The van der Waals surface area contributed by atoms with Crippen molar-refractivity contribution in [1.29, 1.82) is 0 Å². The summed E-state index contributed by atoms with van der Waals surface area (Å²) in [5, 5.41) is 16.2. The predicted molar refractivity (Wildman–Crippen MR) is 80.6 cm³/mol. The van der Waals surface area contributed by atoms with E-state index in [1.807, 2.05) is 7.05 Å². The lowest BCUT2D eigenvalue weighted by Crippen LogP contribution is -2.58. The average molecular weight is 289 g/mol. The summed E-state index contributed by atoms with van der Waals surface area (Å²) in [6.07, 6.45) is 9.53. The molecule has 1 heterocycles. The number of hydrogen-bond donors (Lipinski definition) is 1. The van der Waals surface area contributed by atoms with E-state index >= 15 is 0 Å². The second-order valence-corrected chi connectivity index (χ2v) is 8.37. The standard InChI is InChI=1S/C16H27N5/c1-15-6-11-4-12(7-15)9-16(8-11,10-15)13(17-2)5-14-18-20-21(3)19-14/h11-13,17H,4-10H2,1-3H3. The van der Waals surface area contributed by atoms with Gasteiger partial charge in [-0.25, -0.2) is 0 Å². The van der Waals surface area contributed by atoms with Gasteiger partial charge in [-0.1, -0.05) is 6.92 Å². The van der Waals surface area contributed by atoms with Crippen LogP contribution in [0, 0.1) is 22.7 Å². The molecule has 5 heteroatoms. The van der Waals surface area contributed by atoms with E-state index in [1.165, 1.54) is 38.5 Å². The monoisotopic (exact) mass is 289 g/mol. The van der Waals surface area contributed by atoms with Gasteiger partial charge in [0, 0.05) is 12.5 Å². The summed E-state index contributed by atoms with van der Waals surface area (Å²) in [5.41, 5.74) is 1.06. The predicted octanol–water partition coefficient (Wildman–Crippen LogP) is 1.95. The maximum atomic E-state index is 4.40. The zero-order valence-electron chi connectivity index (χ0n) is 13.5. The Balaban J connectivity index is 1.60. The highest BCUT2D eigenvalue weighted by molar-refractivity contribution is 5.11. The molecule has 21 heavy (non-hydrogen) atoms. The Kier molecular flexibility index (Phi) is 2.94. The lowest BCUT2D eigenvalue weighted by atomic mass is 9.43. The van der Waals surface area contributed by atoms with Crippen LogP contribution < -0.4 is 5.32 Å². The highest BCUT2D eigenvalue weighted by Crippen LogP contribution is 2.66. The van der Waals surface area contributed by atoms with Crippen molar-refractivity contribution in [2.24, 2.45) is 29.7 Å². The molecule has 3 unspecified atom stereocenters. The molecule has 4 aliphatic carbocycles. The molecule has 4 aliphatic rings. The second kappa shape index (κ2) is 4.51. The highest BCUT2D eigenvalue weighted by Gasteiger charge is 2.58. The lowest BCUT2D eigenvalue weighted by molar-refractivity contribution is -0.117. The normalized spacial score (nSPS) is 42.4. The molecule has 4 saturated carbocycles. The number of likely N-dealkylation sites (N-methyl/N-ethyl adjacent to an activating group) is 1. The van der Waals surface area contributed by atoms with E-state index < -0.39 is 0 Å². The number of rotatable bonds is 4. The largest absolute Gasteiger partial charge is 0.316 e. The first-order valence-electron chi connectivity index (χ1n) is 8.40. The van der Waals surface area contributed by atoms with Crippen molar-refractivity contribution >= 4 is 0 Å². The molecule has 0 amide bonds. The first-order chi connectivity index (χ1) is 10.0. The van der Waals surface area contributed by atoms with Crippen molar-refractivity contribution in [1.82, 2.24) is 25.5 Å². The summed E-state index contributed by atoms with van der Waals surface area (Å²) in [6.45, 7) is 2.53. The molecule has 1 aromatic heterocycles. The Bertz CT molecular complexity index is 523. The van der Waals surface area contributed by atoms with Crippen molar-refractivity contribution in [2.45, 2.75) is 57.9 Å². The smallest absolute Gasteiger partial charge is 0.176 e. The Morgan fingerprint density at radius 1 is 1.29 bits per heavy atom. The van der Waals surface area contributed by atoms with Crippen molar-refractivity contribution < 1.29 is 0 Å². The van der Waals surface area contributed by atoms with Gasteiger partial charge in [-0.15, -0.1) is 10.2 Å². The number of aromatic nitrogens is 4. The van der Waals surface area contributed by atoms with Crippen LogP contribution in [0.5, 0.6) is 0 Å². The van der Waals surface area contributed by atoms with E-state index in [-0.39, 0.29) is 0 Å². The third kappa shape index (κ3) is 2.20. The molecule has 0 aliphatic heterocycles. The first kappa shape index (κ1) is 13.7. The van der Waals surface area contributed by atoms with Gasteiger partial charge in [0.25, 0.3) is 0 Å². The SMILES string of the molecule is CNC(Cc1nnn(C)n1)C12CC3CC(CC(C)(C3)C1)C2. The second-order valence-electron chi connectivity index (χ2n) is 8.37. The van der Waals surface area contributed by atoms with Crippen LogP contribution in [-0.4, -0.2) is 33.3 Å². The fraction of sp³-hybridized carbons (Fsp3) is 0.938. The molecule has 0 spiro atoms. The minimum Gasteiger partial charge on any atom is -0.316 e. The van der Waals surface area contributed by atoms with E-state index in [4.69, 9.17) is 0 Å². The van der Waals surface area contributed by atoms with Crippen LogP contribution in [0.1, 0.15) is 51.3 Å². The van der Waals surface area contributed by atoms with Crippen LogP contribution in [0.15, 0.2) is 0 Å². The number of nitrogens with one attached hydrogen (secondary N) is 1. The summed E-state index contributed by atoms with van der Waals surface area (Å²) in [5.74, 6) is 2.81. The molecule has 4 fully saturated rings. The Hall–Kier alpha value is -0.970. The van der Waals surface area contributed by atoms with E-state index in [9.17, 15) is 0 Å². The van der Waals surface area contributed by atoms with Crippen LogP contribution in [0.25, 0.3) is 0 Å². The van der Waals surface area contributed by atoms with Crippen molar-refractivity contribution in [2.75, 3.05) is 7.05 Å². The fourth-order valence-electron chi connectivity index (χ4n) is 6.42. The molecular weight excluding hydrogens is 262 g/mol. The molecule has 0 aromatic carbocycles. The van der Waals surface area contributed by atoms with Crippen LogP contribution in [0.4, 0.5) is 0 Å². The van der Waals surface area contributed by atoms with Gasteiger partial charge in [-0.2, -0.15) is 4.80 Å². The van der Waals surface area contributed by atoms with Crippen molar-refractivity contribution in [3.63, 3.8) is 0 Å². The van der Waals surface area contributed by atoms with E-state index in [1.54, 1.807) is 4.80 Å². The summed E-state index contributed by atoms with van der Waals surface area (Å²) < 4.78 is 0. The molecule has 5 rings (SSSR count). The highest BCUT2D eigenvalue weighted by atomic mass is 15.6. The van der Waals surface area contributed by atoms with Gasteiger partial charge in [0.15, 0.2) is 5.82 Å². The van der Waals surface area contributed by atoms with Gasteiger partial charge < -0.3 is 5.32 Å². The molecule has 0 radical (unpaired) electrons. The van der Waals surface area contributed by atoms with Gasteiger partial charge in [-0.3, -0.25) is 0 Å². The van der Waals surface area contributed by atoms with Gasteiger partial charge in [-0.05, 0) is 73.5 Å². The van der Waals surface area contributed by atoms with Gasteiger partial charge in [0.05, 0.1) is 7.05 Å². The zero-order chi connectivity index (χ0) is 14.7. The minimum atomic E-state index is 0.465. The maximum Gasteiger partial charge on any atom is 0.176 e. The molecule has 5 nitrogen and oxygen atoms in total. The third-order valence-corrected chi connectivity index (χ3v) is 6.42. The average Bonchev–Trinajstić information content (AvgIpc) is 2.78. The molecule has 1 N–H and O–H groups in total. The van der Waals surface area contributed by atoms with Crippen LogP contribution in [0.2, 0.25) is 0 Å². The van der Waals surface area contributed by atoms with E-state index in [0.717, 1.165) is 24.1 Å². The topological polar surface area (TPSA) is 55.6 Å². The molecule has 4 bridgehead atoms. The molecule has 1 aromatic rings. The zero-order valence-corrected chi connectivity index (χ0v) is 13.5. The Morgan fingerprint density at radius 2 is 2.00 bits per heavy atom. The molecule has 116 valence electrons. The third-order valence-electron chi connectivity index (χ3n) is 6.42. The Labute approximate surface area is 126 Å². The first-order valence-corrected chi connectivity index (χ1v) is 8.40. The fourth-order valence-corrected chi connectivity index (χ4v) is 6.42. The summed E-state index contributed by atoms with van der Waals surface area (Å²) in [6, 6.07) is 0.493. The van der Waals surface area contributed by atoms with E-state index in [2.05, 4.69) is 34.7 Å². The maximum absolute atomic E-state index is 4.40. The van der Waals surface area contributed by atoms with Crippen molar-refractivity contribution in [3.8, 4) is 0 Å². The molecular formula is C16H27N5. The molecule has 3 atom stereocenters. The van der Waals surface area contributed by atoms with Crippen LogP contribution in [0.3, 0.4) is 0 Å².